The summed E-state index contributed by atoms with van der Waals surface area (Å²) in [5.41, 5.74) is -1.27. The molecule has 0 bridgehead atoms. The third-order valence-corrected chi connectivity index (χ3v) is 3.58. The van der Waals surface area contributed by atoms with Crippen LogP contribution in [-0.2, 0) is 19.7 Å². The Morgan fingerprint density at radius 3 is 2.45 bits per heavy atom. The molecule has 0 aromatic heterocycles. The predicted molar refractivity (Wildman–Crippen MR) is 65.7 cm³/mol. The van der Waals surface area contributed by atoms with Gasteiger partial charge in [-0.25, -0.2) is 4.79 Å². The van der Waals surface area contributed by atoms with E-state index >= 15 is 0 Å². The van der Waals surface area contributed by atoms with Crippen LogP contribution in [0.4, 0.5) is 0 Å². The molecule has 1 aromatic carbocycles. The van der Waals surface area contributed by atoms with E-state index in [1.807, 2.05) is 0 Å². The van der Waals surface area contributed by atoms with Gasteiger partial charge in [-0.05, 0) is 18.2 Å². The Labute approximate surface area is 117 Å². The zero-order chi connectivity index (χ0) is 15.1. The van der Waals surface area contributed by atoms with E-state index in [1.165, 1.54) is 0 Å². The summed E-state index contributed by atoms with van der Waals surface area (Å²) in [6.07, 6.45) is 0. The first-order valence-electron chi connectivity index (χ1n) is 4.93. The van der Waals surface area contributed by atoms with Crippen LogP contribution < -0.4 is 0 Å². The van der Waals surface area contributed by atoms with Crippen LogP contribution in [0, 0.1) is 0 Å². The second-order valence-electron chi connectivity index (χ2n) is 3.65. The highest BCUT2D eigenvalue weighted by atomic mass is 35.5. The Morgan fingerprint density at radius 2 is 1.90 bits per heavy atom. The fourth-order valence-electron chi connectivity index (χ4n) is 1.55. The van der Waals surface area contributed by atoms with Gasteiger partial charge in [0, 0.05) is 10.6 Å². The molecule has 0 atom stereocenters. The largest absolute Gasteiger partial charge is 0.476 e. The fourth-order valence-corrected chi connectivity index (χ4v) is 2.26. The molecule has 1 heterocycles. The summed E-state index contributed by atoms with van der Waals surface area (Å²) in [5, 5.41) is 15.1. The molecule has 2 rings (SSSR count). The minimum Gasteiger partial charge on any atom is -0.476 e. The van der Waals surface area contributed by atoms with Crippen molar-refractivity contribution in [3.63, 3.8) is 0 Å². The van der Waals surface area contributed by atoms with Crippen molar-refractivity contribution >= 4 is 39.2 Å². The average Bonchev–Trinajstić information content (AvgIpc) is 2.70. The van der Waals surface area contributed by atoms with Gasteiger partial charge in [0.05, 0.1) is 10.5 Å². The number of carbonyl (C=O) groups is 2. The molecule has 8 nitrogen and oxygen atoms in total. The summed E-state index contributed by atoms with van der Waals surface area (Å²) < 4.78 is 31.1. The number of aliphatic carboxylic acids is 1. The van der Waals surface area contributed by atoms with Crippen LogP contribution in [0.3, 0.4) is 0 Å². The van der Waals surface area contributed by atoms with Crippen molar-refractivity contribution in [3.05, 3.63) is 34.5 Å². The number of azo groups is 1. The molecule has 2 N–H and O–H groups in total. The molecule has 104 valence electrons. The summed E-state index contributed by atoms with van der Waals surface area (Å²) in [6, 6.07) is 3.00. The summed E-state index contributed by atoms with van der Waals surface area (Å²) >= 11 is 5.82. The van der Waals surface area contributed by atoms with E-state index in [0.29, 0.717) is 0 Å². The zero-order valence-corrected chi connectivity index (χ0v) is 11.0. The molecule has 0 spiro atoms. The van der Waals surface area contributed by atoms with E-state index in [-0.39, 0.29) is 10.6 Å². The van der Waals surface area contributed by atoms with E-state index in [2.05, 4.69) is 10.2 Å². The van der Waals surface area contributed by atoms with Gasteiger partial charge in [-0.1, -0.05) is 11.6 Å². The molecule has 1 aliphatic rings. The van der Waals surface area contributed by atoms with Gasteiger partial charge in [-0.3, -0.25) is 9.35 Å². The van der Waals surface area contributed by atoms with Crippen molar-refractivity contribution < 1.29 is 27.7 Å². The Morgan fingerprint density at radius 1 is 1.25 bits per heavy atom. The van der Waals surface area contributed by atoms with Gasteiger partial charge in [0.1, 0.15) is 0 Å². The normalized spacial score (nSPS) is 15.0. The highest BCUT2D eigenvalue weighted by Crippen LogP contribution is 2.33. The number of carbonyl (C=O) groups excluding carboxylic acids is 1. The molecule has 1 aliphatic heterocycles. The van der Waals surface area contributed by atoms with Crippen LogP contribution >= 0.6 is 11.6 Å². The van der Waals surface area contributed by atoms with Gasteiger partial charge >= 0.3 is 5.97 Å². The standard InChI is InChI=1S/C10H5ClN2O6S/c11-6-2-1-4(20(17,18)19)3-5(6)7-8(10(15)16)12-13-9(7)14/h1-3H,(H,15,16)(H,17,18,19). The van der Waals surface area contributed by atoms with E-state index < -0.39 is 38.2 Å². The van der Waals surface area contributed by atoms with Crippen LogP contribution in [0.5, 0.6) is 0 Å². The maximum Gasteiger partial charge on any atom is 0.357 e. The number of carboxylic acid groups (broad SMARTS) is 1. The summed E-state index contributed by atoms with van der Waals surface area (Å²) in [7, 11) is -4.53. The van der Waals surface area contributed by atoms with Gasteiger partial charge in [0.15, 0.2) is 5.70 Å². The highest BCUT2D eigenvalue weighted by Gasteiger charge is 2.30. The van der Waals surface area contributed by atoms with Gasteiger partial charge in [0.25, 0.3) is 16.0 Å². The predicted octanol–water partition coefficient (Wildman–Crippen LogP) is 1.37. The lowest BCUT2D eigenvalue weighted by Crippen LogP contribution is -2.05. The quantitative estimate of drug-likeness (QED) is 0.809. The first-order valence-corrected chi connectivity index (χ1v) is 6.74. The number of halogens is 1. The van der Waals surface area contributed by atoms with Gasteiger partial charge < -0.3 is 5.11 Å². The minimum atomic E-state index is -4.53. The third kappa shape index (κ3) is 2.46. The van der Waals surface area contributed by atoms with Gasteiger partial charge in [-0.15, -0.1) is 10.2 Å². The Hall–Kier alpha value is -2.10. The molecule has 0 aliphatic carbocycles. The van der Waals surface area contributed by atoms with Crippen LogP contribution in [0.25, 0.3) is 5.57 Å². The Bertz CT molecular complexity index is 796. The second-order valence-corrected chi connectivity index (χ2v) is 5.48. The maximum atomic E-state index is 11.6. The molecule has 1 amide bonds. The first kappa shape index (κ1) is 14.3. The fraction of sp³-hybridized carbons (Fsp3) is 0. The van der Waals surface area contributed by atoms with Crippen LogP contribution in [0.2, 0.25) is 5.02 Å². The van der Waals surface area contributed by atoms with E-state index in [4.69, 9.17) is 21.3 Å². The van der Waals surface area contributed by atoms with Crippen molar-refractivity contribution in [2.24, 2.45) is 10.2 Å². The lowest BCUT2D eigenvalue weighted by Gasteiger charge is -2.06. The van der Waals surface area contributed by atoms with Crippen molar-refractivity contribution in [2.75, 3.05) is 0 Å². The van der Waals surface area contributed by atoms with Crippen molar-refractivity contribution in [1.29, 1.82) is 0 Å². The van der Waals surface area contributed by atoms with Crippen molar-refractivity contribution in [2.45, 2.75) is 4.90 Å². The molecule has 10 heteroatoms. The van der Waals surface area contributed by atoms with Crippen LogP contribution in [0.15, 0.2) is 39.0 Å². The highest BCUT2D eigenvalue weighted by molar-refractivity contribution is 7.85. The molecule has 0 saturated heterocycles. The summed E-state index contributed by atoms with van der Waals surface area (Å²) in [6.45, 7) is 0. The lowest BCUT2D eigenvalue weighted by atomic mass is 10.0. The SMILES string of the molecule is O=C(O)C1=C(c2cc(S(=O)(=O)O)ccc2Cl)C(=O)N=N1. The van der Waals surface area contributed by atoms with Crippen LogP contribution in [0.1, 0.15) is 5.56 Å². The minimum absolute atomic E-state index is 0.0770. The monoisotopic (exact) mass is 316 g/mol. The second kappa shape index (κ2) is 4.78. The molecule has 20 heavy (non-hydrogen) atoms. The number of amides is 1. The molecular weight excluding hydrogens is 312 g/mol. The molecule has 0 radical (unpaired) electrons. The average molecular weight is 317 g/mol. The van der Waals surface area contributed by atoms with Crippen molar-refractivity contribution in [1.82, 2.24) is 0 Å². The van der Waals surface area contributed by atoms with Gasteiger partial charge in [-0.2, -0.15) is 8.42 Å². The third-order valence-electron chi connectivity index (χ3n) is 2.40. The van der Waals surface area contributed by atoms with E-state index in [9.17, 15) is 18.0 Å². The lowest BCUT2D eigenvalue weighted by molar-refractivity contribution is -0.132. The number of carboxylic acids is 1. The molecule has 0 saturated carbocycles. The van der Waals surface area contributed by atoms with E-state index in [1.54, 1.807) is 0 Å². The van der Waals surface area contributed by atoms with Crippen molar-refractivity contribution in [3.8, 4) is 0 Å². The maximum absolute atomic E-state index is 11.6. The van der Waals surface area contributed by atoms with E-state index in [0.717, 1.165) is 18.2 Å². The van der Waals surface area contributed by atoms with Crippen LogP contribution in [-0.4, -0.2) is 30.0 Å². The number of nitrogens with zero attached hydrogens (tertiary/aromatic N) is 2. The number of benzene rings is 1. The molecular formula is C10H5ClN2O6S. The smallest absolute Gasteiger partial charge is 0.357 e. The molecule has 0 fully saturated rings. The Balaban J connectivity index is 2.73. The topological polar surface area (TPSA) is 133 Å². The summed E-state index contributed by atoms with van der Waals surface area (Å²) in [5.74, 6) is -2.47. The van der Waals surface area contributed by atoms with Gasteiger partial charge in [0.2, 0.25) is 0 Å². The summed E-state index contributed by atoms with van der Waals surface area (Å²) in [4.78, 5) is 22.0. The first-order chi connectivity index (χ1) is 9.21. The Kier molecular flexibility index (Phi) is 3.42. The zero-order valence-electron chi connectivity index (χ0n) is 9.44. The number of hydrogen-bond donors (Lipinski definition) is 2. The number of hydrogen-bond acceptors (Lipinski definition) is 5. The molecule has 0 unspecified atom stereocenters. The molecule has 1 aromatic rings. The number of rotatable bonds is 3.